The Hall–Kier alpha value is -1.73. The number of aryl methyl sites for hydroxylation is 1. The molecular formula is C18H26N4O2S. The summed E-state index contributed by atoms with van der Waals surface area (Å²) in [5.41, 5.74) is 1.16. The molecule has 3 rings (SSSR count). The summed E-state index contributed by atoms with van der Waals surface area (Å²) in [6.07, 6.45) is 5.22. The SMILES string of the molecule is CC(C)Cc1ccc(S(=O)(=O)N2CCCCC2c2nncn2C)cc1. The first-order valence-electron chi connectivity index (χ1n) is 8.84. The van der Waals surface area contributed by atoms with Gasteiger partial charge in [0.15, 0.2) is 5.82 Å². The van der Waals surface area contributed by atoms with E-state index >= 15 is 0 Å². The maximum absolute atomic E-state index is 13.2. The van der Waals surface area contributed by atoms with Crippen molar-refractivity contribution in [3.63, 3.8) is 0 Å². The van der Waals surface area contributed by atoms with Crippen molar-refractivity contribution in [1.82, 2.24) is 19.1 Å². The summed E-state index contributed by atoms with van der Waals surface area (Å²) in [6, 6.07) is 7.06. The van der Waals surface area contributed by atoms with Crippen molar-refractivity contribution in [3.8, 4) is 0 Å². The van der Waals surface area contributed by atoms with Gasteiger partial charge >= 0.3 is 0 Å². The van der Waals surface area contributed by atoms with E-state index in [0.717, 1.165) is 31.2 Å². The monoisotopic (exact) mass is 362 g/mol. The molecule has 1 aliphatic rings. The topological polar surface area (TPSA) is 68.1 Å². The number of piperidine rings is 1. The highest BCUT2D eigenvalue weighted by molar-refractivity contribution is 7.89. The molecule has 0 saturated carbocycles. The molecule has 1 atom stereocenters. The fraction of sp³-hybridized carbons (Fsp3) is 0.556. The van der Waals surface area contributed by atoms with Crippen LogP contribution >= 0.6 is 0 Å². The fourth-order valence-corrected chi connectivity index (χ4v) is 5.10. The number of hydrogen-bond acceptors (Lipinski definition) is 4. The Labute approximate surface area is 149 Å². The Morgan fingerprint density at radius 1 is 1.20 bits per heavy atom. The van der Waals surface area contributed by atoms with Gasteiger partial charge in [-0.25, -0.2) is 8.42 Å². The average molecular weight is 362 g/mol. The van der Waals surface area contributed by atoms with Crippen LogP contribution in [0.25, 0.3) is 0 Å². The predicted molar refractivity (Wildman–Crippen MR) is 96.5 cm³/mol. The summed E-state index contributed by atoms with van der Waals surface area (Å²) in [5.74, 6) is 1.25. The normalized spacial score (nSPS) is 19.4. The first-order valence-corrected chi connectivity index (χ1v) is 10.3. The van der Waals surface area contributed by atoms with Crippen molar-refractivity contribution in [2.45, 2.75) is 50.5 Å². The van der Waals surface area contributed by atoms with Crippen LogP contribution in [0.2, 0.25) is 0 Å². The van der Waals surface area contributed by atoms with Gasteiger partial charge in [-0.1, -0.05) is 32.4 Å². The molecule has 6 nitrogen and oxygen atoms in total. The van der Waals surface area contributed by atoms with E-state index in [1.165, 1.54) is 0 Å². The number of sulfonamides is 1. The highest BCUT2D eigenvalue weighted by Gasteiger charge is 2.36. The van der Waals surface area contributed by atoms with Crippen LogP contribution in [0.3, 0.4) is 0 Å². The molecule has 0 radical (unpaired) electrons. The third-order valence-corrected chi connectivity index (χ3v) is 6.59. The van der Waals surface area contributed by atoms with Gasteiger partial charge in [-0.3, -0.25) is 0 Å². The van der Waals surface area contributed by atoms with Crippen LogP contribution in [-0.2, 0) is 23.5 Å². The van der Waals surface area contributed by atoms with Crippen molar-refractivity contribution in [2.75, 3.05) is 6.54 Å². The molecule has 1 aromatic heterocycles. The summed E-state index contributed by atoms with van der Waals surface area (Å²) in [5, 5.41) is 8.07. The number of hydrogen-bond donors (Lipinski definition) is 0. The second-order valence-electron chi connectivity index (χ2n) is 7.17. The number of benzene rings is 1. The first-order chi connectivity index (χ1) is 11.9. The van der Waals surface area contributed by atoms with Gasteiger partial charge in [-0.05, 0) is 42.9 Å². The molecule has 0 N–H and O–H groups in total. The lowest BCUT2D eigenvalue weighted by Gasteiger charge is -2.33. The van der Waals surface area contributed by atoms with E-state index in [1.54, 1.807) is 22.8 Å². The largest absolute Gasteiger partial charge is 0.319 e. The molecule has 1 saturated heterocycles. The maximum atomic E-state index is 13.2. The summed E-state index contributed by atoms with van der Waals surface area (Å²) in [7, 11) is -1.69. The van der Waals surface area contributed by atoms with Gasteiger partial charge in [0.2, 0.25) is 10.0 Å². The summed E-state index contributed by atoms with van der Waals surface area (Å²) in [6.45, 7) is 4.83. The minimum Gasteiger partial charge on any atom is -0.319 e. The van der Waals surface area contributed by atoms with Crippen LogP contribution in [0.4, 0.5) is 0 Å². The molecule has 1 aliphatic heterocycles. The Morgan fingerprint density at radius 2 is 1.92 bits per heavy atom. The van der Waals surface area contributed by atoms with Crippen molar-refractivity contribution in [3.05, 3.63) is 42.0 Å². The second kappa shape index (κ2) is 7.25. The van der Waals surface area contributed by atoms with E-state index in [-0.39, 0.29) is 6.04 Å². The van der Waals surface area contributed by atoms with Gasteiger partial charge < -0.3 is 4.57 Å². The molecule has 136 valence electrons. The zero-order valence-corrected chi connectivity index (χ0v) is 15.9. The van der Waals surface area contributed by atoms with E-state index in [9.17, 15) is 8.42 Å². The van der Waals surface area contributed by atoms with Gasteiger partial charge in [0.1, 0.15) is 6.33 Å². The Balaban J connectivity index is 1.90. The number of rotatable bonds is 5. The second-order valence-corrected chi connectivity index (χ2v) is 9.06. The number of aromatic nitrogens is 3. The third kappa shape index (κ3) is 3.77. The Kier molecular flexibility index (Phi) is 5.24. The molecule has 7 heteroatoms. The molecule has 0 bridgehead atoms. The van der Waals surface area contributed by atoms with E-state index in [2.05, 4.69) is 24.0 Å². The smallest absolute Gasteiger partial charge is 0.243 e. The lowest BCUT2D eigenvalue weighted by Crippen LogP contribution is -2.39. The molecule has 1 unspecified atom stereocenters. The molecule has 0 amide bonds. The molecule has 1 fully saturated rings. The minimum absolute atomic E-state index is 0.249. The van der Waals surface area contributed by atoms with Crippen molar-refractivity contribution in [2.24, 2.45) is 13.0 Å². The maximum Gasteiger partial charge on any atom is 0.243 e. The molecule has 1 aromatic carbocycles. The van der Waals surface area contributed by atoms with Gasteiger partial charge in [0, 0.05) is 13.6 Å². The van der Waals surface area contributed by atoms with Crippen LogP contribution < -0.4 is 0 Å². The lowest BCUT2D eigenvalue weighted by atomic mass is 10.0. The zero-order valence-electron chi connectivity index (χ0n) is 15.1. The van der Waals surface area contributed by atoms with Crippen molar-refractivity contribution in [1.29, 1.82) is 0 Å². The standard InChI is InChI=1S/C18H26N4O2S/c1-14(2)12-15-7-9-16(10-8-15)25(23,24)22-11-5-4-6-17(22)18-20-19-13-21(18)3/h7-10,13-14,17H,4-6,11-12H2,1-3H3. The van der Waals surface area contributed by atoms with E-state index in [1.807, 2.05) is 23.7 Å². The molecule has 2 heterocycles. The van der Waals surface area contributed by atoms with Crippen LogP contribution in [-0.4, -0.2) is 34.0 Å². The zero-order chi connectivity index (χ0) is 18.0. The quantitative estimate of drug-likeness (QED) is 0.820. The lowest BCUT2D eigenvalue weighted by molar-refractivity contribution is 0.242. The van der Waals surface area contributed by atoms with Crippen LogP contribution in [0, 0.1) is 5.92 Å². The molecule has 0 aliphatic carbocycles. The average Bonchev–Trinajstić information content (AvgIpc) is 3.01. The first kappa shape index (κ1) is 18.1. The highest BCUT2D eigenvalue weighted by Crippen LogP contribution is 2.34. The third-order valence-electron chi connectivity index (χ3n) is 4.67. The fourth-order valence-electron chi connectivity index (χ4n) is 3.45. The van der Waals surface area contributed by atoms with Gasteiger partial charge in [0.25, 0.3) is 0 Å². The van der Waals surface area contributed by atoms with E-state index < -0.39 is 10.0 Å². The van der Waals surface area contributed by atoms with Gasteiger partial charge in [-0.2, -0.15) is 4.31 Å². The Bertz CT molecular complexity index is 812. The van der Waals surface area contributed by atoms with E-state index in [4.69, 9.17) is 0 Å². The minimum atomic E-state index is -3.55. The molecule has 0 spiro atoms. The van der Waals surface area contributed by atoms with Crippen molar-refractivity contribution < 1.29 is 8.42 Å². The van der Waals surface area contributed by atoms with Gasteiger partial charge in [0.05, 0.1) is 10.9 Å². The summed E-state index contributed by atoms with van der Waals surface area (Å²) >= 11 is 0. The Morgan fingerprint density at radius 3 is 2.52 bits per heavy atom. The van der Waals surface area contributed by atoms with E-state index in [0.29, 0.717) is 23.2 Å². The van der Waals surface area contributed by atoms with Crippen LogP contribution in [0.15, 0.2) is 35.5 Å². The van der Waals surface area contributed by atoms with Gasteiger partial charge in [-0.15, -0.1) is 10.2 Å². The number of nitrogens with zero attached hydrogens (tertiary/aromatic N) is 4. The molecule has 25 heavy (non-hydrogen) atoms. The van der Waals surface area contributed by atoms with Crippen LogP contribution in [0.1, 0.15) is 50.5 Å². The highest BCUT2D eigenvalue weighted by atomic mass is 32.2. The summed E-state index contributed by atoms with van der Waals surface area (Å²) < 4.78 is 29.8. The predicted octanol–water partition coefficient (Wildman–Crippen LogP) is 2.93. The molecular weight excluding hydrogens is 336 g/mol. The van der Waals surface area contributed by atoms with Crippen LogP contribution in [0.5, 0.6) is 0 Å². The summed E-state index contributed by atoms with van der Waals surface area (Å²) in [4.78, 5) is 0.356. The molecule has 2 aromatic rings. The van der Waals surface area contributed by atoms with Crippen molar-refractivity contribution >= 4 is 10.0 Å².